The van der Waals surface area contributed by atoms with E-state index in [9.17, 15) is 0 Å². The van der Waals surface area contributed by atoms with Crippen molar-refractivity contribution >= 4 is 5.69 Å². The molecule has 0 aromatic heterocycles. The third-order valence-electron chi connectivity index (χ3n) is 2.51. The molecule has 0 fully saturated rings. The van der Waals surface area contributed by atoms with E-state index in [2.05, 4.69) is 0 Å². The highest BCUT2D eigenvalue weighted by Gasteiger charge is 2.21. The summed E-state index contributed by atoms with van der Waals surface area (Å²) >= 11 is 0. The number of nitriles is 2. The van der Waals surface area contributed by atoms with Gasteiger partial charge in [0.05, 0.1) is 11.4 Å². The standard InChI is InChI=1S/C12H9N3O/c1-15-10-4-2-3-5-12(10)16-8-11(15)9(6-13)7-14/h2-5H,8H2,1H3. The Balaban J connectivity index is 2.52. The number of allylic oxidation sites excluding steroid dienone is 1. The van der Waals surface area contributed by atoms with Gasteiger partial charge in [-0.25, -0.2) is 0 Å². The monoisotopic (exact) mass is 211 g/mol. The Bertz CT molecular complexity index is 518. The third kappa shape index (κ3) is 1.47. The molecule has 0 radical (unpaired) electrons. The Kier molecular flexibility index (Phi) is 2.49. The van der Waals surface area contributed by atoms with Gasteiger partial charge in [0.2, 0.25) is 0 Å². The Morgan fingerprint density at radius 1 is 1.31 bits per heavy atom. The van der Waals surface area contributed by atoms with Gasteiger partial charge in [0, 0.05) is 7.05 Å². The van der Waals surface area contributed by atoms with Gasteiger partial charge in [-0.1, -0.05) is 12.1 Å². The summed E-state index contributed by atoms with van der Waals surface area (Å²) in [6.45, 7) is 0.254. The molecule has 1 aliphatic rings. The highest BCUT2D eigenvalue weighted by molar-refractivity contribution is 5.66. The van der Waals surface area contributed by atoms with E-state index in [1.54, 1.807) is 0 Å². The van der Waals surface area contributed by atoms with Crippen LogP contribution in [0.3, 0.4) is 0 Å². The summed E-state index contributed by atoms with van der Waals surface area (Å²) in [5.74, 6) is 0.768. The van der Waals surface area contributed by atoms with Crippen LogP contribution in [0, 0.1) is 22.7 Å². The number of hydrogen-bond donors (Lipinski definition) is 0. The van der Waals surface area contributed by atoms with E-state index in [-0.39, 0.29) is 12.2 Å². The van der Waals surface area contributed by atoms with Crippen LogP contribution in [-0.2, 0) is 0 Å². The second-order valence-corrected chi connectivity index (χ2v) is 3.36. The second kappa shape index (κ2) is 3.96. The average Bonchev–Trinajstić information content (AvgIpc) is 2.34. The highest BCUT2D eigenvalue weighted by atomic mass is 16.5. The van der Waals surface area contributed by atoms with Crippen molar-refractivity contribution in [2.45, 2.75) is 0 Å². The maximum atomic E-state index is 8.83. The molecule has 2 rings (SSSR count). The van der Waals surface area contributed by atoms with Gasteiger partial charge in [-0.3, -0.25) is 0 Å². The molecule has 0 saturated heterocycles. The number of benzene rings is 1. The molecule has 0 saturated carbocycles. The van der Waals surface area contributed by atoms with Gasteiger partial charge in [0.25, 0.3) is 0 Å². The molecule has 16 heavy (non-hydrogen) atoms. The van der Waals surface area contributed by atoms with Gasteiger partial charge >= 0.3 is 0 Å². The van der Waals surface area contributed by atoms with Crippen molar-refractivity contribution in [1.82, 2.24) is 0 Å². The molecule has 0 N–H and O–H groups in total. The van der Waals surface area contributed by atoms with E-state index in [0.717, 1.165) is 11.4 Å². The summed E-state index contributed by atoms with van der Waals surface area (Å²) in [5.41, 5.74) is 1.56. The van der Waals surface area contributed by atoms with Crippen molar-refractivity contribution in [1.29, 1.82) is 10.5 Å². The van der Waals surface area contributed by atoms with Crippen molar-refractivity contribution in [3.63, 3.8) is 0 Å². The van der Waals surface area contributed by atoms with Gasteiger partial charge in [-0.2, -0.15) is 10.5 Å². The smallest absolute Gasteiger partial charge is 0.152 e. The largest absolute Gasteiger partial charge is 0.485 e. The zero-order valence-corrected chi connectivity index (χ0v) is 8.77. The Labute approximate surface area is 93.6 Å². The van der Waals surface area contributed by atoms with Gasteiger partial charge in [0.15, 0.2) is 5.57 Å². The van der Waals surface area contributed by atoms with Crippen LogP contribution in [0.1, 0.15) is 0 Å². The predicted octanol–water partition coefficient (Wildman–Crippen LogP) is 1.82. The topological polar surface area (TPSA) is 60.0 Å². The SMILES string of the molecule is CN1C(=C(C#N)C#N)COc2ccccc21. The fourth-order valence-corrected chi connectivity index (χ4v) is 1.64. The molecule has 78 valence electrons. The lowest BCUT2D eigenvalue weighted by atomic mass is 10.1. The molecule has 1 aromatic rings. The molecule has 0 aliphatic carbocycles. The number of hydrogen-bond acceptors (Lipinski definition) is 4. The lowest BCUT2D eigenvalue weighted by Gasteiger charge is -2.30. The number of fused-ring (bicyclic) bond motifs is 1. The van der Waals surface area contributed by atoms with Gasteiger partial charge in [-0.05, 0) is 12.1 Å². The van der Waals surface area contributed by atoms with Crippen LogP contribution in [0.5, 0.6) is 5.75 Å². The summed E-state index contributed by atoms with van der Waals surface area (Å²) < 4.78 is 5.49. The molecule has 0 bridgehead atoms. The molecule has 4 heteroatoms. The molecule has 1 aromatic carbocycles. The van der Waals surface area contributed by atoms with Crippen LogP contribution >= 0.6 is 0 Å². The van der Waals surface area contributed by atoms with Crippen LogP contribution in [0.15, 0.2) is 35.5 Å². The first-order chi connectivity index (χ1) is 7.77. The molecule has 4 nitrogen and oxygen atoms in total. The summed E-state index contributed by atoms with van der Waals surface area (Å²) in [5, 5.41) is 17.7. The van der Waals surface area contributed by atoms with Crippen molar-refractivity contribution < 1.29 is 4.74 Å². The van der Waals surface area contributed by atoms with E-state index in [1.807, 2.05) is 48.4 Å². The average molecular weight is 211 g/mol. The zero-order chi connectivity index (χ0) is 11.5. The fraction of sp³-hybridized carbons (Fsp3) is 0.167. The molecular weight excluding hydrogens is 202 g/mol. The van der Waals surface area contributed by atoms with Crippen LogP contribution in [0.2, 0.25) is 0 Å². The number of likely N-dealkylation sites (N-methyl/N-ethyl adjacent to an activating group) is 1. The number of nitrogens with zero attached hydrogens (tertiary/aromatic N) is 3. The summed E-state index contributed by atoms with van der Waals surface area (Å²) in [4.78, 5) is 1.82. The van der Waals surface area contributed by atoms with Gasteiger partial charge in [0.1, 0.15) is 24.5 Å². The van der Waals surface area contributed by atoms with Crippen molar-refractivity contribution in [3.05, 3.63) is 35.5 Å². The highest BCUT2D eigenvalue weighted by Crippen LogP contribution is 2.34. The fourth-order valence-electron chi connectivity index (χ4n) is 1.64. The predicted molar refractivity (Wildman–Crippen MR) is 58.6 cm³/mol. The molecule has 1 heterocycles. The minimum atomic E-state index is 0.0944. The lowest BCUT2D eigenvalue weighted by Crippen LogP contribution is -2.28. The third-order valence-corrected chi connectivity index (χ3v) is 2.51. The van der Waals surface area contributed by atoms with Crippen molar-refractivity contribution in [3.8, 4) is 17.9 Å². The van der Waals surface area contributed by atoms with Crippen LogP contribution < -0.4 is 9.64 Å². The molecule has 0 spiro atoms. The summed E-state index contributed by atoms with van der Waals surface area (Å²) in [6, 6.07) is 11.3. The van der Waals surface area contributed by atoms with Crippen molar-refractivity contribution in [2.75, 3.05) is 18.6 Å². The summed E-state index contributed by atoms with van der Waals surface area (Å²) in [6.07, 6.45) is 0. The van der Waals surface area contributed by atoms with E-state index in [0.29, 0.717) is 5.70 Å². The van der Waals surface area contributed by atoms with Gasteiger partial charge < -0.3 is 9.64 Å². The van der Waals surface area contributed by atoms with E-state index < -0.39 is 0 Å². The van der Waals surface area contributed by atoms with E-state index in [4.69, 9.17) is 15.3 Å². The van der Waals surface area contributed by atoms with Crippen LogP contribution in [0.4, 0.5) is 5.69 Å². The molecular formula is C12H9N3O. The maximum Gasteiger partial charge on any atom is 0.152 e. The second-order valence-electron chi connectivity index (χ2n) is 3.36. The zero-order valence-electron chi connectivity index (χ0n) is 8.77. The van der Waals surface area contributed by atoms with E-state index >= 15 is 0 Å². The Morgan fingerprint density at radius 2 is 2.00 bits per heavy atom. The minimum absolute atomic E-state index is 0.0944. The number of rotatable bonds is 0. The number of para-hydroxylation sites is 2. The van der Waals surface area contributed by atoms with E-state index in [1.165, 1.54) is 0 Å². The summed E-state index contributed by atoms with van der Waals surface area (Å²) in [7, 11) is 1.82. The maximum absolute atomic E-state index is 8.83. The minimum Gasteiger partial charge on any atom is -0.485 e. The lowest BCUT2D eigenvalue weighted by molar-refractivity contribution is 0.337. The molecule has 0 unspecified atom stereocenters. The van der Waals surface area contributed by atoms with Gasteiger partial charge in [-0.15, -0.1) is 0 Å². The molecule has 1 aliphatic heterocycles. The Hall–Kier alpha value is -2.46. The first kappa shape index (κ1) is 10.1. The molecule has 0 atom stereocenters. The van der Waals surface area contributed by atoms with Crippen LogP contribution in [0.25, 0.3) is 0 Å². The molecule has 0 amide bonds. The van der Waals surface area contributed by atoms with Crippen molar-refractivity contribution in [2.24, 2.45) is 0 Å². The quantitative estimate of drug-likeness (QED) is 0.614. The first-order valence-electron chi connectivity index (χ1n) is 4.77. The number of anilines is 1. The first-order valence-corrected chi connectivity index (χ1v) is 4.77. The number of ether oxygens (including phenoxy) is 1. The normalized spacial score (nSPS) is 13.2. The van der Waals surface area contributed by atoms with Crippen LogP contribution in [-0.4, -0.2) is 13.7 Å². The Morgan fingerprint density at radius 3 is 2.69 bits per heavy atom.